The second-order valence-electron chi connectivity index (χ2n) is 6.41. The number of ether oxygens (including phenoxy) is 1. The van der Waals surface area contributed by atoms with Crippen LogP contribution < -0.4 is 9.64 Å². The Bertz CT molecular complexity index is 963. The van der Waals surface area contributed by atoms with Crippen LogP contribution in [0.3, 0.4) is 0 Å². The van der Waals surface area contributed by atoms with Gasteiger partial charge in [-0.1, -0.05) is 37.3 Å². The van der Waals surface area contributed by atoms with E-state index in [1.807, 2.05) is 37.3 Å². The maximum absolute atomic E-state index is 12.9. The van der Waals surface area contributed by atoms with Crippen LogP contribution in [0.2, 0.25) is 0 Å². The second-order valence-corrected chi connectivity index (χ2v) is 6.41. The van der Waals surface area contributed by atoms with E-state index < -0.39 is 6.10 Å². The maximum Gasteiger partial charge on any atom is 0.268 e. The van der Waals surface area contributed by atoms with Crippen molar-refractivity contribution in [2.24, 2.45) is 0 Å². The molecule has 1 aliphatic rings. The minimum absolute atomic E-state index is 0.101. The van der Waals surface area contributed by atoms with Gasteiger partial charge in [0.2, 0.25) is 5.78 Å². The van der Waals surface area contributed by atoms with Crippen LogP contribution >= 0.6 is 0 Å². The lowest BCUT2D eigenvalue weighted by Gasteiger charge is -2.34. The average molecular weight is 361 g/mol. The highest BCUT2D eigenvalue weighted by atomic mass is 16.5. The number of hydrogen-bond acceptors (Lipinski definition) is 4. The van der Waals surface area contributed by atoms with Gasteiger partial charge in [0.25, 0.3) is 5.91 Å². The summed E-state index contributed by atoms with van der Waals surface area (Å²) in [5.41, 5.74) is 2.07. The van der Waals surface area contributed by atoms with Crippen molar-refractivity contribution in [3.63, 3.8) is 0 Å². The van der Waals surface area contributed by atoms with E-state index in [0.29, 0.717) is 30.0 Å². The molecule has 4 rings (SSSR count). The fraction of sp³-hybridized carbons (Fsp3) is 0.182. The number of ketones is 1. The molecular formula is C22H19NO4. The van der Waals surface area contributed by atoms with Gasteiger partial charge in [-0.25, -0.2) is 0 Å². The number of carbonyl (C=O) groups excluding carboxylic acids is 2. The van der Waals surface area contributed by atoms with E-state index in [9.17, 15) is 9.59 Å². The van der Waals surface area contributed by atoms with E-state index in [0.717, 1.165) is 5.56 Å². The largest absolute Gasteiger partial charge is 0.478 e. The summed E-state index contributed by atoms with van der Waals surface area (Å²) in [7, 11) is 0. The summed E-state index contributed by atoms with van der Waals surface area (Å²) >= 11 is 0. The summed E-state index contributed by atoms with van der Waals surface area (Å²) in [6, 6.07) is 18.2. The number of anilines is 1. The lowest BCUT2D eigenvalue weighted by molar-refractivity contribution is -0.126. The zero-order valence-electron chi connectivity index (χ0n) is 14.9. The normalized spacial score (nSPS) is 16.0. The molecule has 0 aliphatic carbocycles. The Morgan fingerprint density at radius 1 is 1.07 bits per heavy atom. The molecule has 1 aromatic heterocycles. The number of hydrogen-bond donors (Lipinski definition) is 0. The summed E-state index contributed by atoms with van der Waals surface area (Å²) in [6.45, 7) is 2.34. The van der Waals surface area contributed by atoms with E-state index >= 15 is 0 Å². The van der Waals surface area contributed by atoms with Crippen LogP contribution in [0.1, 0.15) is 35.0 Å². The van der Waals surface area contributed by atoms with Gasteiger partial charge in [0.1, 0.15) is 5.75 Å². The first-order valence-electron chi connectivity index (χ1n) is 8.91. The quantitative estimate of drug-likeness (QED) is 0.639. The van der Waals surface area contributed by atoms with Crippen molar-refractivity contribution in [1.82, 2.24) is 0 Å². The summed E-state index contributed by atoms with van der Waals surface area (Å²) in [6.07, 6.45) is 1.52. The number of rotatable bonds is 5. The Balaban J connectivity index is 1.74. The number of fused-ring (bicyclic) bond motifs is 1. The van der Waals surface area contributed by atoms with Crippen molar-refractivity contribution >= 4 is 17.4 Å². The molecule has 1 aliphatic heterocycles. The smallest absolute Gasteiger partial charge is 0.268 e. The van der Waals surface area contributed by atoms with E-state index in [-0.39, 0.29) is 17.5 Å². The summed E-state index contributed by atoms with van der Waals surface area (Å²) in [5, 5.41) is 0. The van der Waals surface area contributed by atoms with Crippen LogP contribution in [-0.4, -0.2) is 17.8 Å². The third-order valence-electron chi connectivity index (χ3n) is 4.62. The van der Waals surface area contributed by atoms with E-state index in [1.54, 1.807) is 35.2 Å². The highest BCUT2D eigenvalue weighted by Crippen LogP contribution is 2.37. The number of nitrogens with zero attached hydrogens (tertiary/aromatic N) is 1. The number of furan rings is 1. The summed E-state index contributed by atoms with van der Waals surface area (Å²) in [4.78, 5) is 27.2. The monoisotopic (exact) mass is 361 g/mol. The Morgan fingerprint density at radius 2 is 1.89 bits per heavy atom. The van der Waals surface area contributed by atoms with Gasteiger partial charge < -0.3 is 14.1 Å². The highest BCUT2D eigenvalue weighted by molar-refractivity contribution is 6.09. The molecular weight excluding hydrogens is 342 g/mol. The van der Waals surface area contributed by atoms with Crippen LogP contribution in [0.15, 0.2) is 71.3 Å². The molecule has 0 saturated heterocycles. The van der Waals surface area contributed by atoms with Crippen LogP contribution in [0.25, 0.3) is 0 Å². The van der Waals surface area contributed by atoms with E-state index in [1.165, 1.54) is 6.26 Å². The van der Waals surface area contributed by atoms with Gasteiger partial charge in [-0.2, -0.15) is 0 Å². The summed E-state index contributed by atoms with van der Waals surface area (Å²) in [5.74, 6) is 0.538. The molecule has 27 heavy (non-hydrogen) atoms. The lowest BCUT2D eigenvalue weighted by atomic mass is 10.0. The molecule has 0 radical (unpaired) electrons. The third kappa shape index (κ3) is 3.24. The average Bonchev–Trinajstić information content (AvgIpc) is 3.24. The molecule has 0 bridgehead atoms. The maximum atomic E-state index is 12.9. The van der Waals surface area contributed by atoms with Crippen molar-refractivity contribution in [3.05, 3.63) is 83.8 Å². The lowest BCUT2D eigenvalue weighted by Crippen LogP contribution is -2.45. The molecule has 1 unspecified atom stereocenters. The first-order chi connectivity index (χ1) is 13.2. The first-order valence-corrected chi connectivity index (χ1v) is 8.91. The number of amides is 1. The fourth-order valence-corrected chi connectivity index (χ4v) is 3.20. The van der Waals surface area contributed by atoms with Crippen LogP contribution in [0, 0.1) is 0 Å². The zero-order chi connectivity index (χ0) is 18.8. The van der Waals surface area contributed by atoms with Crippen molar-refractivity contribution in [2.45, 2.75) is 26.0 Å². The Labute approximate surface area is 157 Å². The molecule has 2 heterocycles. The second kappa shape index (κ2) is 7.11. The standard InChI is InChI=1S/C22H19NO4/c1-2-18-22(25)23(14-15-7-4-3-5-8-15)17-13-16(10-11-19(17)27-18)21(24)20-9-6-12-26-20/h3-13,18H,2,14H2,1H3. The minimum atomic E-state index is -0.521. The Morgan fingerprint density at radius 3 is 2.59 bits per heavy atom. The van der Waals surface area contributed by atoms with Crippen LogP contribution in [-0.2, 0) is 11.3 Å². The summed E-state index contributed by atoms with van der Waals surface area (Å²) < 4.78 is 11.1. The topological polar surface area (TPSA) is 59.8 Å². The van der Waals surface area contributed by atoms with Crippen molar-refractivity contribution in [1.29, 1.82) is 0 Å². The van der Waals surface area contributed by atoms with Crippen LogP contribution in [0.4, 0.5) is 5.69 Å². The van der Waals surface area contributed by atoms with E-state index in [4.69, 9.17) is 9.15 Å². The van der Waals surface area contributed by atoms with Gasteiger partial charge in [-0.15, -0.1) is 0 Å². The Kier molecular flexibility index (Phi) is 4.50. The van der Waals surface area contributed by atoms with Gasteiger partial charge in [-0.05, 0) is 42.3 Å². The van der Waals surface area contributed by atoms with Gasteiger partial charge in [-0.3, -0.25) is 9.59 Å². The molecule has 1 amide bonds. The highest BCUT2D eigenvalue weighted by Gasteiger charge is 2.34. The predicted molar refractivity (Wildman–Crippen MR) is 101 cm³/mol. The fourth-order valence-electron chi connectivity index (χ4n) is 3.20. The van der Waals surface area contributed by atoms with Gasteiger partial charge in [0.05, 0.1) is 18.5 Å². The molecule has 0 N–H and O–H groups in total. The number of carbonyl (C=O) groups is 2. The SMILES string of the molecule is CCC1Oc2ccc(C(=O)c3ccco3)cc2N(Cc2ccccc2)C1=O. The minimum Gasteiger partial charge on any atom is -0.478 e. The molecule has 5 heteroatoms. The van der Waals surface area contributed by atoms with Gasteiger partial charge >= 0.3 is 0 Å². The Hall–Kier alpha value is -3.34. The molecule has 2 aromatic carbocycles. The van der Waals surface area contributed by atoms with E-state index in [2.05, 4.69) is 0 Å². The third-order valence-corrected chi connectivity index (χ3v) is 4.62. The zero-order valence-corrected chi connectivity index (χ0v) is 14.9. The molecule has 3 aromatic rings. The first kappa shape index (κ1) is 17.1. The molecule has 0 saturated carbocycles. The number of benzene rings is 2. The molecule has 136 valence electrons. The van der Waals surface area contributed by atoms with Gasteiger partial charge in [0, 0.05) is 5.56 Å². The van der Waals surface area contributed by atoms with Crippen molar-refractivity contribution in [2.75, 3.05) is 4.90 Å². The molecule has 1 atom stereocenters. The predicted octanol–water partition coefficient (Wildman–Crippen LogP) is 4.21. The van der Waals surface area contributed by atoms with Crippen LogP contribution in [0.5, 0.6) is 5.75 Å². The van der Waals surface area contributed by atoms with Crippen molar-refractivity contribution in [3.8, 4) is 5.75 Å². The molecule has 0 fully saturated rings. The van der Waals surface area contributed by atoms with Gasteiger partial charge in [0.15, 0.2) is 11.9 Å². The molecule has 5 nitrogen and oxygen atoms in total. The molecule has 0 spiro atoms. The van der Waals surface area contributed by atoms with Crippen molar-refractivity contribution < 1.29 is 18.7 Å².